The number of benzene rings is 3. The zero-order chi connectivity index (χ0) is 21.1. The van der Waals surface area contributed by atoms with Gasteiger partial charge in [0.05, 0.1) is 21.3 Å². The van der Waals surface area contributed by atoms with Gasteiger partial charge in [-0.15, -0.1) is 0 Å². The Morgan fingerprint density at radius 2 is 1.43 bits per heavy atom. The third-order valence-corrected chi connectivity index (χ3v) is 5.02. The number of carbonyl (C=O) groups is 1. The highest BCUT2D eigenvalue weighted by Crippen LogP contribution is 2.38. The molecule has 5 nitrogen and oxygen atoms in total. The first-order chi connectivity index (χ1) is 14.6. The van der Waals surface area contributed by atoms with Gasteiger partial charge in [-0.25, -0.2) is 0 Å². The van der Waals surface area contributed by atoms with Gasteiger partial charge in [0, 0.05) is 29.1 Å². The molecule has 0 amide bonds. The first kappa shape index (κ1) is 19.5. The lowest BCUT2D eigenvalue weighted by atomic mass is 9.97. The molecule has 0 aliphatic carbocycles. The molecule has 0 radical (unpaired) electrons. The van der Waals surface area contributed by atoms with Crippen LogP contribution in [0.3, 0.4) is 0 Å². The van der Waals surface area contributed by atoms with E-state index in [1.807, 2.05) is 48.7 Å². The minimum atomic E-state index is -0.118. The zero-order valence-electron chi connectivity index (χ0n) is 17.0. The number of aromatic nitrogens is 1. The van der Waals surface area contributed by atoms with E-state index >= 15 is 0 Å². The van der Waals surface area contributed by atoms with Crippen LogP contribution in [-0.4, -0.2) is 32.1 Å². The molecule has 4 aromatic rings. The van der Waals surface area contributed by atoms with E-state index in [4.69, 9.17) is 14.2 Å². The Balaban J connectivity index is 1.72. The predicted molar refractivity (Wildman–Crippen MR) is 117 cm³/mol. The topological polar surface area (TPSA) is 57.7 Å². The summed E-state index contributed by atoms with van der Waals surface area (Å²) in [5, 5.41) is 2.04. The summed E-state index contributed by atoms with van der Waals surface area (Å²) in [6.07, 6.45) is 3.59. The van der Waals surface area contributed by atoms with Gasteiger partial charge in [0.1, 0.15) is 0 Å². The molecule has 0 unspecified atom stereocenters. The van der Waals surface area contributed by atoms with E-state index in [2.05, 4.69) is 11.1 Å². The van der Waals surface area contributed by atoms with E-state index in [-0.39, 0.29) is 5.78 Å². The fourth-order valence-electron chi connectivity index (χ4n) is 3.48. The van der Waals surface area contributed by atoms with E-state index in [0.29, 0.717) is 28.4 Å². The SMILES string of the molecule is COc1cc(C(=O)c2ccc3cc(-c4cccnc4)ccc3c2)cc(OC)c1OC. The van der Waals surface area contributed by atoms with Crippen LogP contribution >= 0.6 is 0 Å². The molecule has 0 spiro atoms. The van der Waals surface area contributed by atoms with E-state index in [0.717, 1.165) is 21.9 Å². The van der Waals surface area contributed by atoms with Crippen LogP contribution in [0.25, 0.3) is 21.9 Å². The normalized spacial score (nSPS) is 10.6. The van der Waals surface area contributed by atoms with Crippen LogP contribution in [0.4, 0.5) is 0 Å². The fraction of sp³-hybridized carbons (Fsp3) is 0.120. The second-order valence-electron chi connectivity index (χ2n) is 6.76. The van der Waals surface area contributed by atoms with Crippen LogP contribution in [0.15, 0.2) is 73.1 Å². The largest absolute Gasteiger partial charge is 0.493 e. The number of hydrogen-bond acceptors (Lipinski definition) is 5. The summed E-state index contributed by atoms with van der Waals surface area (Å²) in [5.74, 6) is 1.23. The molecule has 3 aromatic carbocycles. The molecule has 1 heterocycles. The lowest BCUT2D eigenvalue weighted by Crippen LogP contribution is -2.04. The van der Waals surface area contributed by atoms with Gasteiger partial charge in [0.25, 0.3) is 0 Å². The molecule has 150 valence electrons. The van der Waals surface area contributed by atoms with Gasteiger partial charge in [-0.2, -0.15) is 0 Å². The van der Waals surface area contributed by atoms with E-state index in [1.54, 1.807) is 18.3 Å². The first-order valence-corrected chi connectivity index (χ1v) is 9.43. The molecule has 4 rings (SSSR count). The van der Waals surface area contributed by atoms with Gasteiger partial charge in [-0.3, -0.25) is 9.78 Å². The third-order valence-electron chi connectivity index (χ3n) is 5.02. The van der Waals surface area contributed by atoms with Crippen LogP contribution in [0.5, 0.6) is 17.2 Å². The van der Waals surface area contributed by atoms with E-state index < -0.39 is 0 Å². The molecular formula is C25H21NO4. The van der Waals surface area contributed by atoms with Crippen molar-refractivity contribution in [1.82, 2.24) is 4.98 Å². The summed E-state index contributed by atoms with van der Waals surface area (Å²) in [6, 6.07) is 19.1. The lowest BCUT2D eigenvalue weighted by molar-refractivity contribution is 0.103. The number of ether oxygens (including phenoxy) is 3. The lowest BCUT2D eigenvalue weighted by Gasteiger charge is -2.14. The number of pyridine rings is 1. The average molecular weight is 399 g/mol. The van der Waals surface area contributed by atoms with Crippen LogP contribution in [0.2, 0.25) is 0 Å². The average Bonchev–Trinajstić information content (AvgIpc) is 2.82. The molecule has 0 atom stereocenters. The molecule has 0 saturated heterocycles. The van der Waals surface area contributed by atoms with Crippen molar-refractivity contribution in [2.75, 3.05) is 21.3 Å². The Labute approximate surface area is 174 Å². The number of fused-ring (bicyclic) bond motifs is 1. The van der Waals surface area contributed by atoms with Crippen molar-refractivity contribution in [2.24, 2.45) is 0 Å². The Hall–Kier alpha value is -3.86. The Morgan fingerprint density at radius 1 is 0.733 bits per heavy atom. The summed E-state index contributed by atoms with van der Waals surface area (Å²) in [7, 11) is 4.59. The van der Waals surface area contributed by atoms with Crippen molar-refractivity contribution in [3.63, 3.8) is 0 Å². The van der Waals surface area contributed by atoms with E-state index in [9.17, 15) is 4.79 Å². The fourth-order valence-corrected chi connectivity index (χ4v) is 3.48. The maximum Gasteiger partial charge on any atom is 0.203 e. The van der Waals surface area contributed by atoms with Gasteiger partial charge in [-0.05, 0) is 46.7 Å². The van der Waals surface area contributed by atoms with Gasteiger partial charge in [-0.1, -0.05) is 30.3 Å². The predicted octanol–water partition coefficient (Wildman–Crippen LogP) is 5.16. The van der Waals surface area contributed by atoms with Crippen molar-refractivity contribution in [3.8, 4) is 28.4 Å². The van der Waals surface area contributed by atoms with Gasteiger partial charge >= 0.3 is 0 Å². The standard InChI is InChI=1S/C25H21NO4/c1-28-22-13-21(14-23(29-2)25(22)30-3)24(27)19-9-8-16-11-18(7-6-17(16)12-19)20-5-4-10-26-15-20/h4-15H,1-3H3. The number of carbonyl (C=O) groups excluding carboxylic acids is 1. The number of methoxy groups -OCH3 is 3. The minimum Gasteiger partial charge on any atom is -0.493 e. The quantitative estimate of drug-likeness (QED) is 0.419. The number of ketones is 1. The minimum absolute atomic E-state index is 0.118. The molecule has 0 saturated carbocycles. The maximum absolute atomic E-state index is 13.2. The molecule has 1 aromatic heterocycles. The number of rotatable bonds is 6. The summed E-state index contributed by atoms with van der Waals surface area (Å²) in [6.45, 7) is 0. The highest BCUT2D eigenvalue weighted by atomic mass is 16.5. The Morgan fingerprint density at radius 3 is 2.07 bits per heavy atom. The second-order valence-corrected chi connectivity index (χ2v) is 6.76. The smallest absolute Gasteiger partial charge is 0.203 e. The zero-order valence-corrected chi connectivity index (χ0v) is 17.0. The van der Waals surface area contributed by atoms with Crippen molar-refractivity contribution in [1.29, 1.82) is 0 Å². The van der Waals surface area contributed by atoms with Crippen molar-refractivity contribution in [2.45, 2.75) is 0 Å². The summed E-state index contributed by atoms with van der Waals surface area (Å²) < 4.78 is 16.1. The molecule has 0 aliphatic rings. The van der Waals surface area contributed by atoms with Crippen LogP contribution in [0, 0.1) is 0 Å². The van der Waals surface area contributed by atoms with Crippen molar-refractivity contribution in [3.05, 3.63) is 84.2 Å². The third kappa shape index (κ3) is 3.57. The van der Waals surface area contributed by atoms with Crippen molar-refractivity contribution < 1.29 is 19.0 Å². The molecule has 0 bridgehead atoms. The Bertz CT molecular complexity index is 1190. The van der Waals surface area contributed by atoms with Gasteiger partial charge < -0.3 is 14.2 Å². The van der Waals surface area contributed by atoms with Gasteiger partial charge in [0.2, 0.25) is 5.75 Å². The highest BCUT2D eigenvalue weighted by molar-refractivity contribution is 6.11. The van der Waals surface area contributed by atoms with E-state index in [1.165, 1.54) is 21.3 Å². The van der Waals surface area contributed by atoms with Crippen LogP contribution in [-0.2, 0) is 0 Å². The second kappa shape index (κ2) is 8.25. The van der Waals surface area contributed by atoms with Crippen LogP contribution in [0.1, 0.15) is 15.9 Å². The molecule has 0 aliphatic heterocycles. The van der Waals surface area contributed by atoms with Crippen LogP contribution < -0.4 is 14.2 Å². The molecule has 0 N–H and O–H groups in total. The number of hydrogen-bond donors (Lipinski definition) is 0. The maximum atomic E-state index is 13.2. The first-order valence-electron chi connectivity index (χ1n) is 9.43. The summed E-state index contributed by atoms with van der Waals surface area (Å²) in [5.41, 5.74) is 3.19. The molecule has 5 heteroatoms. The highest BCUT2D eigenvalue weighted by Gasteiger charge is 2.18. The van der Waals surface area contributed by atoms with Crippen molar-refractivity contribution >= 4 is 16.6 Å². The summed E-state index contributed by atoms with van der Waals surface area (Å²) >= 11 is 0. The molecular weight excluding hydrogens is 378 g/mol. The van der Waals surface area contributed by atoms with Gasteiger partial charge in [0.15, 0.2) is 17.3 Å². The number of nitrogens with zero attached hydrogens (tertiary/aromatic N) is 1. The summed E-state index contributed by atoms with van der Waals surface area (Å²) in [4.78, 5) is 17.3. The molecule has 0 fully saturated rings. The Kier molecular flexibility index (Phi) is 5.35. The molecule has 30 heavy (non-hydrogen) atoms. The monoisotopic (exact) mass is 399 g/mol.